The first-order chi connectivity index (χ1) is 4.29. The van der Waals surface area contributed by atoms with Gasteiger partial charge in [0, 0.05) is 0 Å². The van der Waals surface area contributed by atoms with E-state index in [0.717, 1.165) is 0 Å². The van der Waals surface area contributed by atoms with Crippen LogP contribution in [0.2, 0.25) is 9.26 Å². The van der Waals surface area contributed by atoms with E-state index in [-0.39, 0.29) is 0 Å². The van der Waals surface area contributed by atoms with Gasteiger partial charge < -0.3 is 0 Å². The Morgan fingerprint density at radius 3 is 2.78 bits per heavy atom. The molecule has 1 aromatic heterocycles. The minimum atomic E-state index is -0.888. The van der Waals surface area contributed by atoms with Crippen LogP contribution >= 0.6 is 11.3 Å². The molecule has 0 spiro atoms. The molecule has 0 aromatic carbocycles. The molecule has 2 heteroatoms. The summed E-state index contributed by atoms with van der Waals surface area (Å²) in [4.78, 5) is 1.60. The number of hydrogen-bond donors (Lipinski definition) is 0. The third-order valence-electron chi connectivity index (χ3n) is 1.05. The molecule has 0 aliphatic rings. The number of hydrogen-bond acceptors (Lipinski definition) is 1. The van der Waals surface area contributed by atoms with Gasteiger partial charge in [0.2, 0.25) is 0 Å². The maximum absolute atomic E-state index is 2.45. The topological polar surface area (TPSA) is 0 Å². The molecule has 0 N–H and O–H groups in total. The molecule has 0 aliphatic carbocycles. The molecule has 0 saturated carbocycles. The Morgan fingerprint density at radius 1 is 1.56 bits per heavy atom. The van der Waals surface area contributed by atoms with Crippen LogP contribution in [0.5, 0.6) is 0 Å². The third kappa shape index (κ3) is 2.77. The Hall–Kier alpha value is 0.583. The predicted molar refractivity (Wildman–Crippen MR) is 45.5 cm³/mol. The first-order valence-electron chi connectivity index (χ1n) is 2.96. The van der Waals surface area contributed by atoms with Crippen LogP contribution < -0.4 is 0 Å². The van der Waals surface area contributed by atoms with Crippen LogP contribution in [0.15, 0.2) is 17.5 Å². The van der Waals surface area contributed by atoms with E-state index in [1.54, 1.807) is 4.88 Å². The van der Waals surface area contributed by atoms with E-state index in [0.29, 0.717) is 0 Å². The summed E-state index contributed by atoms with van der Waals surface area (Å²) in [6.45, 7) is 0. The van der Waals surface area contributed by atoms with Gasteiger partial charge in [-0.1, -0.05) is 0 Å². The average molecular weight is 336 g/mol. The molecule has 1 heterocycles. The summed E-state index contributed by atoms with van der Waals surface area (Å²) >= 11 is 1.01. The molecule has 0 saturated heterocycles. The van der Waals surface area contributed by atoms with E-state index in [2.05, 4.69) is 26.8 Å². The fourth-order valence-electron chi connectivity index (χ4n) is 0.714. The molecule has 0 amide bonds. The molecule has 0 nitrogen and oxygen atoms in total. The molecule has 0 fully saturated rings. The van der Waals surface area contributed by atoms with Gasteiger partial charge in [-0.25, -0.2) is 0 Å². The van der Waals surface area contributed by atoms with Crippen molar-refractivity contribution in [2.24, 2.45) is 0 Å². The van der Waals surface area contributed by atoms with Crippen LogP contribution in [-0.2, 0) is 4.13 Å². The van der Waals surface area contributed by atoms with E-state index in [1.807, 2.05) is 11.3 Å². The molecule has 1 rings (SSSR count). The molecule has 50 valence electrons. The fourth-order valence-corrected chi connectivity index (χ4v) is 7.25. The van der Waals surface area contributed by atoms with Crippen LogP contribution in [0.3, 0.4) is 0 Å². The standard InChI is InChI=1S/C5H5S.2CH3.Bi/c1-5-3-2-4-6-5;;;/h2-4H,1H2;2*1H3;. The van der Waals surface area contributed by atoms with Crippen molar-refractivity contribution in [3.05, 3.63) is 22.4 Å². The first-order valence-corrected chi connectivity index (χ1v) is 13.3. The number of rotatable bonds is 2. The molecular formula is C7H11BiS. The van der Waals surface area contributed by atoms with Crippen molar-refractivity contribution in [1.82, 2.24) is 0 Å². The predicted octanol–water partition coefficient (Wildman–Crippen LogP) is 2.58. The zero-order chi connectivity index (χ0) is 6.69. The second-order valence-electron chi connectivity index (χ2n) is 2.32. The van der Waals surface area contributed by atoms with Crippen molar-refractivity contribution < 1.29 is 0 Å². The van der Waals surface area contributed by atoms with E-state index < -0.39 is 21.8 Å². The second kappa shape index (κ2) is 3.68. The fraction of sp³-hybridized carbons (Fsp3) is 0.429. The summed E-state index contributed by atoms with van der Waals surface area (Å²) in [6.07, 6.45) is 0. The van der Waals surface area contributed by atoms with Gasteiger partial charge in [0.05, 0.1) is 0 Å². The van der Waals surface area contributed by atoms with Gasteiger partial charge in [-0.05, 0) is 0 Å². The Bertz CT molecular complexity index is 155. The molecule has 0 unspecified atom stereocenters. The summed E-state index contributed by atoms with van der Waals surface area (Å²) < 4.78 is 6.34. The van der Waals surface area contributed by atoms with E-state index >= 15 is 0 Å². The maximum atomic E-state index is 2.45. The van der Waals surface area contributed by atoms with Crippen molar-refractivity contribution in [3.8, 4) is 0 Å². The van der Waals surface area contributed by atoms with Gasteiger partial charge in [-0.2, -0.15) is 0 Å². The van der Waals surface area contributed by atoms with E-state index in [9.17, 15) is 0 Å². The molecule has 1 aromatic rings. The summed E-state index contributed by atoms with van der Waals surface area (Å²) in [7, 11) is 0. The van der Waals surface area contributed by atoms with Gasteiger partial charge >= 0.3 is 68.9 Å². The van der Waals surface area contributed by atoms with Crippen molar-refractivity contribution in [2.45, 2.75) is 13.4 Å². The normalized spacial score (nSPS) is 10.6. The summed E-state index contributed by atoms with van der Waals surface area (Å²) in [5, 5.41) is 2.17. The van der Waals surface area contributed by atoms with E-state index in [1.165, 1.54) is 4.13 Å². The summed E-state index contributed by atoms with van der Waals surface area (Å²) in [5.74, 6) is 0. The summed E-state index contributed by atoms with van der Waals surface area (Å²) in [6, 6.07) is 4.40. The minimum absolute atomic E-state index is 0.888. The van der Waals surface area contributed by atoms with E-state index in [4.69, 9.17) is 0 Å². The molecule has 0 atom stereocenters. The van der Waals surface area contributed by atoms with Crippen LogP contribution in [0.1, 0.15) is 4.88 Å². The third-order valence-corrected chi connectivity index (χ3v) is 6.59. The molecule has 0 aliphatic heterocycles. The first kappa shape index (κ1) is 7.69. The van der Waals surface area contributed by atoms with Crippen molar-refractivity contribution in [3.63, 3.8) is 0 Å². The Labute approximate surface area is 68.6 Å². The second-order valence-corrected chi connectivity index (χ2v) is 13.0. The Morgan fingerprint density at radius 2 is 2.33 bits per heavy atom. The Kier molecular flexibility index (Phi) is 3.14. The summed E-state index contributed by atoms with van der Waals surface area (Å²) in [5.41, 5.74) is 0. The van der Waals surface area contributed by atoms with Crippen LogP contribution in [0.4, 0.5) is 0 Å². The molecular weight excluding hydrogens is 325 g/mol. The van der Waals surface area contributed by atoms with Crippen molar-refractivity contribution >= 4 is 33.1 Å². The molecule has 9 heavy (non-hydrogen) atoms. The average Bonchev–Trinajstić information content (AvgIpc) is 2.15. The molecule has 0 radical (unpaired) electrons. The van der Waals surface area contributed by atoms with Gasteiger partial charge in [0.15, 0.2) is 0 Å². The quantitative estimate of drug-likeness (QED) is 0.729. The van der Waals surface area contributed by atoms with Gasteiger partial charge in [-0.3, -0.25) is 0 Å². The van der Waals surface area contributed by atoms with Gasteiger partial charge in [0.25, 0.3) is 0 Å². The van der Waals surface area contributed by atoms with Crippen LogP contribution in [-0.4, -0.2) is 21.8 Å². The Balaban J connectivity index is 2.48. The zero-order valence-electron chi connectivity index (χ0n) is 5.79. The van der Waals surface area contributed by atoms with Gasteiger partial charge in [-0.15, -0.1) is 0 Å². The van der Waals surface area contributed by atoms with Crippen LogP contribution in [0, 0.1) is 0 Å². The van der Waals surface area contributed by atoms with Crippen LogP contribution in [0.25, 0.3) is 0 Å². The number of thiophene rings is 1. The van der Waals surface area contributed by atoms with Crippen molar-refractivity contribution in [2.75, 3.05) is 0 Å². The van der Waals surface area contributed by atoms with Crippen molar-refractivity contribution in [1.29, 1.82) is 0 Å². The monoisotopic (exact) mass is 336 g/mol. The SMILES string of the molecule is [CH3][Bi]([CH3])[CH2]c1cccs1. The zero-order valence-corrected chi connectivity index (χ0v) is 10.1. The molecule has 0 bridgehead atoms. The van der Waals surface area contributed by atoms with Gasteiger partial charge in [0.1, 0.15) is 0 Å².